The molecule has 5 heteroatoms. The van der Waals surface area contributed by atoms with Gasteiger partial charge in [0.25, 0.3) is 0 Å². The standard InChI is InChI=1S/C21H24N2O3/c1-14(2)26-17-7-5-6-15(10-17)12-22-20(21(24)25)11-16-13-23-19-9-4-3-8-18(16)19/h3-10,13-14,20,22-23H,11-12H2,1-2H3,(H,24,25). The number of aromatic nitrogens is 1. The number of hydrogen-bond donors (Lipinski definition) is 3. The van der Waals surface area contributed by atoms with E-state index in [0.29, 0.717) is 13.0 Å². The molecule has 1 unspecified atom stereocenters. The lowest BCUT2D eigenvalue weighted by molar-refractivity contribution is -0.139. The van der Waals surface area contributed by atoms with E-state index in [-0.39, 0.29) is 6.10 Å². The van der Waals surface area contributed by atoms with Crippen LogP contribution in [-0.4, -0.2) is 28.2 Å². The van der Waals surface area contributed by atoms with Gasteiger partial charge in [0.1, 0.15) is 11.8 Å². The number of aromatic amines is 1. The molecular weight excluding hydrogens is 328 g/mol. The summed E-state index contributed by atoms with van der Waals surface area (Å²) in [7, 11) is 0. The Balaban J connectivity index is 1.69. The fourth-order valence-electron chi connectivity index (χ4n) is 3.01. The van der Waals surface area contributed by atoms with Crippen LogP contribution in [0.25, 0.3) is 10.9 Å². The predicted molar refractivity (Wildman–Crippen MR) is 102 cm³/mol. The van der Waals surface area contributed by atoms with Crippen molar-refractivity contribution in [3.05, 3.63) is 65.9 Å². The molecule has 1 heterocycles. The lowest BCUT2D eigenvalue weighted by Gasteiger charge is -2.15. The maximum atomic E-state index is 11.7. The van der Waals surface area contributed by atoms with Crippen LogP contribution in [0.1, 0.15) is 25.0 Å². The summed E-state index contributed by atoms with van der Waals surface area (Å²) in [4.78, 5) is 14.9. The molecule has 0 saturated carbocycles. The van der Waals surface area contributed by atoms with Crippen molar-refractivity contribution in [2.24, 2.45) is 0 Å². The van der Waals surface area contributed by atoms with Crippen LogP contribution in [0, 0.1) is 0 Å². The highest BCUT2D eigenvalue weighted by Crippen LogP contribution is 2.20. The second kappa shape index (κ2) is 8.06. The van der Waals surface area contributed by atoms with E-state index < -0.39 is 12.0 Å². The molecule has 0 bridgehead atoms. The van der Waals surface area contributed by atoms with Crippen molar-refractivity contribution in [2.45, 2.75) is 39.0 Å². The van der Waals surface area contributed by atoms with Crippen molar-refractivity contribution in [1.82, 2.24) is 10.3 Å². The molecule has 26 heavy (non-hydrogen) atoms. The summed E-state index contributed by atoms with van der Waals surface area (Å²) in [5.41, 5.74) is 3.01. The highest BCUT2D eigenvalue weighted by molar-refractivity contribution is 5.84. The van der Waals surface area contributed by atoms with Crippen molar-refractivity contribution >= 4 is 16.9 Å². The van der Waals surface area contributed by atoms with Crippen molar-refractivity contribution in [2.75, 3.05) is 0 Å². The van der Waals surface area contributed by atoms with E-state index >= 15 is 0 Å². The van der Waals surface area contributed by atoms with E-state index in [0.717, 1.165) is 27.8 Å². The lowest BCUT2D eigenvalue weighted by Crippen LogP contribution is -2.38. The Morgan fingerprint density at radius 3 is 2.77 bits per heavy atom. The Morgan fingerprint density at radius 1 is 1.19 bits per heavy atom. The zero-order chi connectivity index (χ0) is 18.5. The molecule has 0 spiro atoms. The quantitative estimate of drug-likeness (QED) is 0.577. The maximum Gasteiger partial charge on any atom is 0.321 e. The van der Waals surface area contributed by atoms with Gasteiger partial charge in [0.2, 0.25) is 0 Å². The zero-order valence-electron chi connectivity index (χ0n) is 15.0. The van der Waals surface area contributed by atoms with Crippen LogP contribution in [0.4, 0.5) is 0 Å². The molecule has 2 aromatic carbocycles. The number of fused-ring (bicyclic) bond motifs is 1. The fourth-order valence-corrected chi connectivity index (χ4v) is 3.01. The number of para-hydroxylation sites is 1. The third kappa shape index (κ3) is 4.43. The molecule has 0 fully saturated rings. The Morgan fingerprint density at radius 2 is 2.00 bits per heavy atom. The van der Waals surface area contributed by atoms with Crippen molar-refractivity contribution in [3.8, 4) is 5.75 Å². The van der Waals surface area contributed by atoms with Gasteiger partial charge in [-0.25, -0.2) is 0 Å². The first-order valence-corrected chi connectivity index (χ1v) is 8.79. The first-order valence-electron chi connectivity index (χ1n) is 8.79. The highest BCUT2D eigenvalue weighted by atomic mass is 16.5. The molecular formula is C21H24N2O3. The molecule has 0 aliphatic heterocycles. The monoisotopic (exact) mass is 352 g/mol. The molecule has 0 saturated heterocycles. The Hall–Kier alpha value is -2.79. The molecule has 5 nitrogen and oxygen atoms in total. The molecule has 0 radical (unpaired) electrons. The van der Waals surface area contributed by atoms with Gasteiger partial charge in [-0.05, 0) is 43.2 Å². The van der Waals surface area contributed by atoms with Crippen molar-refractivity contribution in [1.29, 1.82) is 0 Å². The van der Waals surface area contributed by atoms with Crippen LogP contribution in [0.3, 0.4) is 0 Å². The lowest BCUT2D eigenvalue weighted by atomic mass is 10.0. The number of carbonyl (C=O) groups is 1. The van der Waals surface area contributed by atoms with Gasteiger partial charge >= 0.3 is 5.97 Å². The molecule has 0 amide bonds. The topological polar surface area (TPSA) is 74.3 Å². The molecule has 136 valence electrons. The summed E-state index contributed by atoms with van der Waals surface area (Å²) in [6, 6.07) is 15.0. The summed E-state index contributed by atoms with van der Waals surface area (Å²) in [6.07, 6.45) is 2.41. The average molecular weight is 352 g/mol. The number of rotatable bonds is 8. The normalized spacial score (nSPS) is 12.4. The van der Waals surface area contributed by atoms with Crippen LogP contribution < -0.4 is 10.1 Å². The number of carboxylic acid groups (broad SMARTS) is 1. The molecule has 1 atom stereocenters. The SMILES string of the molecule is CC(C)Oc1cccc(CNC(Cc2c[nH]c3ccccc23)C(=O)O)c1. The molecule has 3 rings (SSSR count). The summed E-state index contributed by atoms with van der Waals surface area (Å²) < 4.78 is 5.69. The minimum absolute atomic E-state index is 0.104. The average Bonchev–Trinajstić information content (AvgIpc) is 3.01. The van der Waals surface area contributed by atoms with E-state index in [1.54, 1.807) is 0 Å². The summed E-state index contributed by atoms with van der Waals surface area (Å²) in [5.74, 6) is -0.0623. The summed E-state index contributed by atoms with van der Waals surface area (Å²) in [6.45, 7) is 4.42. The van der Waals surface area contributed by atoms with E-state index in [1.807, 2.05) is 68.6 Å². The molecule has 0 aliphatic rings. The highest BCUT2D eigenvalue weighted by Gasteiger charge is 2.19. The van der Waals surface area contributed by atoms with Crippen LogP contribution in [-0.2, 0) is 17.8 Å². The number of nitrogens with one attached hydrogen (secondary N) is 2. The minimum atomic E-state index is -0.857. The minimum Gasteiger partial charge on any atom is -0.491 e. The van der Waals surface area contributed by atoms with E-state index in [2.05, 4.69) is 10.3 Å². The summed E-state index contributed by atoms with van der Waals surface area (Å²) >= 11 is 0. The fraction of sp³-hybridized carbons (Fsp3) is 0.286. The van der Waals surface area contributed by atoms with Gasteiger partial charge in [-0.15, -0.1) is 0 Å². The van der Waals surface area contributed by atoms with Crippen LogP contribution in [0.15, 0.2) is 54.7 Å². The number of benzene rings is 2. The van der Waals surface area contributed by atoms with Gasteiger partial charge in [-0.1, -0.05) is 30.3 Å². The third-order valence-corrected chi connectivity index (χ3v) is 4.22. The number of H-pyrrole nitrogens is 1. The van der Waals surface area contributed by atoms with E-state index in [4.69, 9.17) is 4.74 Å². The summed E-state index contributed by atoms with van der Waals surface area (Å²) in [5, 5.41) is 13.8. The first-order chi connectivity index (χ1) is 12.5. The Bertz CT molecular complexity index is 886. The first kappa shape index (κ1) is 18.0. The Kier molecular flexibility index (Phi) is 5.58. The number of ether oxygens (including phenoxy) is 1. The molecule has 1 aromatic heterocycles. The van der Waals surface area contributed by atoms with Crippen molar-refractivity contribution < 1.29 is 14.6 Å². The van der Waals surface area contributed by atoms with Crippen molar-refractivity contribution in [3.63, 3.8) is 0 Å². The molecule has 3 aromatic rings. The largest absolute Gasteiger partial charge is 0.491 e. The van der Waals surface area contributed by atoms with Gasteiger partial charge in [0, 0.05) is 30.1 Å². The van der Waals surface area contributed by atoms with Crippen LogP contribution >= 0.6 is 0 Å². The van der Waals surface area contributed by atoms with Crippen LogP contribution in [0.5, 0.6) is 5.75 Å². The van der Waals surface area contributed by atoms with Gasteiger partial charge in [-0.2, -0.15) is 0 Å². The zero-order valence-corrected chi connectivity index (χ0v) is 15.0. The second-order valence-corrected chi connectivity index (χ2v) is 6.65. The number of aliphatic carboxylic acids is 1. The smallest absolute Gasteiger partial charge is 0.321 e. The van der Waals surface area contributed by atoms with Crippen LogP contribution in [0.2, 0.25) is 0 Å². The van der Waals surface area contributed by atoms with E-state index in [9.17, 15) is 9.90 Å². The number of hydrogen-bond acceptors (Lipinski definition) is 3. The molecule has 3 N–H and O–H groups in total. The third-order valence-electron chi connectivity index (χ3n) is 4.22. The second-order valence-electron chi connectivity index (χ2n) is 6.65. The number of carboxylic acids is 1. The van der Waals surface area contributed by atoms with Gasteiger partial charge in [0.15, 0.2) is 0 Å². The van der Waals surface area contributed by atoms with Gasteiger partial charge < -0.3 is 20.1 Å². The van der Waals surface area contributed by atoms with E-state index in [1.165, 1.54) is 0 Å². The van der Waals surface area contributed by atoms with Gasteiger partial charge in [-0.3, -0.25) is 4.79 Å². The maximum absolute atomic E-state index is 11.7. The molecule has 0 aliphatic carbocycles. The van der Waals surface area contributed by atoms with Gasteiger partial charge in [0.05, 0.1) is 6.10 Å². The predicted octanol–water partition coefficient (Wildman–Crippen LogP) is 3.74. The Labute approximate surface area is 153 Å².